The molecule has 1 saturated heterocycles. The van der Waals surface area contributed by atoms with E-state index in [1.165, 1.54) is 6.42 Å². The van der Waals surface area contributed by atoms with Crippen LogP contribution in [0.15, 0.2) is 0 Å². The van der Waals surface area contributed by atoms with Crippen molar-refractivity contribution in [1.29, 1.82) is 0 Å². The average molecular weight is 295 g/mol. The molecule has 1 heterocycles. The Hall–Kier alpha value is 0.200. The highest BCUT2D eigenvalue weighted by atomic mass is 35.7. The van der Waals surface area contributed by atoms with Crippen LogP contribution in [-0.4, -0.2) is 26.9 Å². The van der Waals surface area contributed by atoms with Gasteiger partial charge < -0.3 is 4.74 Å². The van der Waals surface area contributed by atoms with Gasteiger partial charge in [0.25, 0.3) is 0 Å². The normalized spacial score (nSPS) is 36.7. The number of rotatable bonds is 2. The van der Waals surface area contributed by atoms with E-state index in [0.717, 1.165) is 32.1 Å². The molecular weight excluding hydrogens is 272 g/mol. The van der Waals surface area contributed by atoms with Gasteiger partial charge in [-0.15, -0.1) is 0 Å². The highest BCUT2D eigenvalue weighted by Gasteiger charge is 2.47. The van der Waals surface area contributed by atoms with Gasteiger partial charge in [-0.25, -0.2) is 8.42 Å². The highest BCUT2D eigenvalue weighted by Crippen LogP contribution is 2.50. The van der Waals surface area contributed by atoms with E-state index in [1.54, 1.807) is 0 Å². The van der Waals surface area contributed by atoms with Crippen LogP contribution in [0.5, 0.6) is 0 Å². The predicted octanol–water partition coefficient (Wildman–Crippen LogP) is 3.32. The largest absolute Gasteiger partial charge is 0.377 e. The van der Waals surface area contributed by atoms with Gasteiger partial charge in [-0.1, -0.05) is 20.3 Å². The maximum absolute atomic E-state index is 11.3. The Morgan fingerprint density at radius 1 is 1.17 bits per heavy atom. The third-order valence-corrected chi connectivity index (χ3v) is 5.86. The van der Waals surface area contributed by atoms with Crippen molar-refractivity contribution < 1.29 is 13.2 Å². The van der Waals surface area contributed by atoms with Crippen LogP contribution in [0.2, 0.25) is 0 Å². The minimum absolute atomic E-state index is 0.0328. The lowest BCUT2D eigenvalue weighted by atomic mass is 9.74. The molecule has 0 amide bonds. The molecule has 0 N–H and O–H groups in total. The summed E-state index contributed by atoms with van der Waals surface area (Å²) in [6.07, 6.45) is 6.46. The summed E-state index contributed by atoms with van der Waals surface area (Å²) in [5.41, 5.74) is 0.423. The average Bonchev–Trinajstić information content (AvgIpc) is 2.48. The van der Waals surface area contributed by atoms with Crippen molar-refractivity contribution in [3.63, 3.8) is 0 Å². The van der Waals surface area contributed by atoms with Gasteiger partial charge in [-0.3, -0.25) is 0 Å². The Kier molecular flexibility index (Phi) is 4.02. The molecule has 0 aromatic rings. The molecule has 18 heavy (non-hydrogen) atoms. The molecule has 2 unspecified atom stereocenters. The minimum Gasteiger partial charge on any atom is -0.377 e. The van der Waals surface area contributed by atoms with E-state index in [9.17, 15) is 8.42 Å². The quantitative estimate of drug-likeness (QED) is 0.734. The molecular formula is C13H23ClO3S. The van der Waals surface area contributed by atoms with Crippen LogP contribution in [0.25, 0.3) is 0 Å². The van der Waals surface area contributed by atoms with Gasteiger partial charge in [0.1, 0.15) is 0 Å². The standard InChI is InChI=1S/C13H23ClO3S/c1-12(2)4-3-5-13(7-6-12)8-9-17-11(13)10-18(14,15)16/h11H,3-10H2,1-2H3. The summed E-state index contributed by atoms with van der Waals surface area (Å²) in [4.78, 5) is 0. The van der Waals surface area contributed by atoms with E-state index in [2.05, 4.69) is 13.8 Å². The fourth-order valence-electron chi connectivity index (χ4n) is 3.48. The lowest BCUT2D eigenvalue weighted by Gasteiger charge is -2.33. The van der Waals surface area contributed by atoms with Gasteiger partial charge >= 0.3 is 0 Å². The van der Waals surface area contributed by atoms with Gasteiger partial charge in [-0.05, 0) is 42.9 Å². The van der Waals surface area contributed by atoms with Crippen molar-refractivity contribution >= 4 is 19.7 Å². The molecule has 1 spiro atoms. The van der Waals surface area contributed by atoms with Crippen molar-refractivity contribution in [3.8, 4) is 0 Å². The van der Waals surface area contributed by atoms with Crippen molar-refractivity contribution in [2.75, 3.05) is 12.4 Å². The second kappa shape index (κ2) is 4.95. The lowest BCUT2D eigenvalue weighted by Crippen LogP contribution is -2.35. The topological polar surface area (TPSA) is 43.4 Å². The SMILES string of the molecule is CC1(C)CCCC2(CCOC2CS(=O)(=O)Cl)CC1. The molecule has 3 nitrogen and oxygen atoms in total. The highest BCUT2D eigenvalue weighted by molar-refractivity contribution is 8.13. The lowest BCUT2D eigenvalue weighted by molar-refractivity contribution is 0.0562. The summed E-state index contributed by atoms with van der Waals surface area (Å²) >= 11 is 0. The molecule has 2 aliphatic rings. The zero-order valence-electron chi connectivity index (χ0n) is 11.2. The van der Waals surface area contributed by atoms with E-state index >= 15 is 0 Å². The molecule has 2 fully saturated rings. The van der Waals surface area contributed by atoms with Crippen LogP contribution in [0.4, 0.5) is 0 Å². The van der Waals surface area contributed by atoms with Gasteiger partial charge in [0.15, 0.2) is 0 Å². The zero-order chi connectivity index (χ0) is 13.4. The maximum atomic E-state index is 11.3. The van der Waals surface area contributed by atoms with Gasteiger partial charge in [0.05, 0.1) is 11.9 Å². The zero-order valence-corrected chi connectivity index (χ0v) is 12.8. The van der Waals surface area contributed by atoms with Crippen molar-refractivity contribution in [1.82, 2.24) is 0 Å². The Bertz CT molecular complexity index is 404. The Labute approximate surface area is 115 Å². The fourth-order valence-corrected chi connectivity index (χ4v) is 4.63. The fraction of sp³-hybridized carbons (Fsp3) is 1.00. The van der Waals surface area contributed by atoms with Crippen LogP contribution in [0.3, 0.4) is 0 Å². The van der Waals surface area contributed by atoms with Crippen LogP contribution < -0.4 is 0 Å². The molecule has 0 aromatic carbocycles. The predicted molar refractivity (Wildman–Crippen MR) is 73.3 cm³/mol. The molecule has 1 aliphatic carbocycles. The molecule has 106 valence electrons. The van der Waals surface area contributed by atoms with E-state index < -0.39 is 9.05 Å². The Morgan fingerprint density at radius 3 is 2.56 bits per heavy atom. The third kappa shape index (κ3) is 3.40. The summed E-state index contributed by atoms with van der Waals surface area (Å²) in [6, 6.07) is 0. The maximum Gasteiger partial charge on any atom is 0.235 e. The first-order chi connectivity index (χ1) is 8.23. The molecule has 1 aliphatic heterocycles. The first-order valence-electron chi connectivity index (χ1n) is 6.77. The first kappa shape index (κ1) is 14.6. The van der Waals surface area contributed by atoms with Crippen LogP contribution in [0, 0.1) is 10.8 Å². The molecule has 2 rings (SSSR count). The first-order valence-corrected chi connectivity index (χ1v) is 9.24. The molecule has 0 aromatic heterocycles. The van der Waals surface area contributed by atoms with Crippen molar-refractivity contribution in [2.24, 2.45) is 10.8 Å². The van der Waals surface area contributed by atoms with Crippen LogP contribution >= 0.6 is 10.7 Å². The molecule has 5 heteroatoms. The molecule has 1 saturated carbocycles. The van der Waals surface area contributed by atoms with E-state index in [-0.39, 0.29) is 17.3 Å². The Morgan fingerprint density at radius 2 is 1.89 bits per heavy atom. The minimum atomic E-state index is -3.48. The summed E-state index contributed by atoms with van der Waals surface area (Å²) in [7, 11) is 1.93. The van der Waals surface area contributed by atoms with E-state index in [4.69, 9.17) is 15.4 Å². The number of hydrogen-bond acceptors (Lipinski definition) is 3. The van der Waals surface area contributed by atoms with Gasteiger partial charge in [0.2, 0.25) is 9.05 Å². The molecule has 0 radical (unpaired) electrons. The molecule has 0 bridgehead atoms. The molecule has 2 atom stereocenters. The van der Waals surface area contributed by atoms with Gasteiger partial charge in [0, 0.05) is 17.3 Å². The summed E-state index contributed by atoms with van der Waals surface area (Å²) < 4.78 is 28.3. The van der Waals surface area contributed by atoms with Crippen molar-refractivity contribution in [2.45, 2.75) is 58.5 Å². The van der Waals surface area contributed by atoms with Crippen molar-refractivity contribution in [3.05, 3.63) is 0 Å². The van der Waals surface area contributed by atoms with E-state index in [0.29, 0.717) is 12.0 Å². The summed E-state index contributed by atoms with van der Waals surface area (Å²) in [6.45, 7) is 5.28. The summed E-state index contributed by atoms with van der Waals surface area (Å²) in [5.74, 6) is -0.0328. The second-order valence-corrected chi connectivity index (χ2v) is 9.52. The monoisotopic (exact) mass is 294 g/mol. The number of halogens is 1. The second-order valence-electron chi connectivity index (χ2n) is 6.70. The van der Waals surface area contributed by atoms with Gasteiger partial charge in [-0.2, -0.15) is 0 Å². The van der Waals surface area contributed by atoms with E-state index in [1.807, 2.05) is 0 Å². The smallest absolute Gasteiger partial charge is 0.235 e. The number of ether oxygens (including phenoxy) is 1. The van der Waals surface area contributed by atoms with Crippen LogP contribution in [0.1, 0.15) is 52.4 Å². The number of hydrogen-bond donors (Lipinski definition) is 0. The summed E-state index contributed by atoms with van der Waals surface area (Å²) in [5, 5.41) is 0. The Balaban J connectivity index is 2.13. The van der Waals surface area contributed by atoms with Crippen LogP contribution in [-0.2, 0) is 13.8 Å². The third-order valence-electron chi connectivity index (χ3n) is 4.78.